The zero-order valence-electron chi connectivity index (χ0n) is 13.2. The lowest BCUT2D eigenvalue weighted by atomic mass is 10.2. The number of methoxy groups -OCH3 is 1. The van der Waals surface area contributed by atoms with Crippen LogP contribution in [0.15, 0.2) is 28.6 Å². The molecule has 7 heteroatoms. The summed E-state index contributed by atoms with van der Waals surface area (Å²) in [5.74, 6) is 1.81. The first-order chi connectivity index (χ1) is 11.2. The van der Waals surface area contributed by atoms with E-state index in [0.29, 0.717) is 12.5 Å². The van der Waals surface area contributed by atoms with E-state index in [1.54, 1.807) is 18.9 Å². The van der Waals surface area contributed by atoms with Crippen molar-refractivity contribution in [1.82, 2.24) is 10.2 Å². The zero-order valence-corrected chi connectivity index (χ0v) is 14.8. The minimum atomic E-state index is 0.135. The summed E-state index contributed by atoms with van der Waals surface area (Å²) < 4.78 is 6.05. The number of ether oxygens (including phenoxy) is 1. The second kappa shape index (κ2) is 7.31. The first-order valence-electron chi connectivity index (χ1n) is 7.62. The number of benzene rings is 1. The number of thioether (sulfide) groups is 1. The Kier molecular flexibility index (Phi) is 5.17. The molecule has 1 aromatic heterocycles. The fourth-order valence-electron chi connectivity index (χ4n) is 2.19. The van der Waals surface area contributed by atoms with Gasteiger partial charge in [0.25, 0.3) is 0 Å². The molecule has 0 spiro atoms. The van der Waals surface area contributed by atoms with Gasteiger partial charge in [0.15, 0.2) is 4.34 Å². The first kappa shape index (κ1) is 16.3. The van der Waals surface area contributed by atoms with Gasteiger partial charge in [-0.15, -0.1) is 10.2 Å². The molecule has 1 saturated carbocycles. The number of rotatable bonds is 7. The van der Waals surface area contributed by atoms with Crippen molar-refractivity contribution in [3.8, 4) is 5.75 Å². The molecular weight excluding hydrogens is 330 g/mol. The van der Waals surface area contributed by atoms with Crippen LogP contribution in [0, 0.1) is 0 Å². The topological polar surface area (TPSA) is 55.3 Å². The van der Waals surface area contributed by atoms with E-state index in [2.05, 4.69) is 10.2 Å². The van der Waals surface area contributed by atoms with E-state index in [-0.39, 0.29) is 5.91 Å². The molecule has 0 bridgehead atoms. The smallest absolute Gasteiger partial charge is 0.228 e. The van der Waals surface area contributed by atoms with Gasteiger partial charge in [-0.05, 0) is 30.5 Å². The van der Waals surface area contributed by atoms with Crippen molar-refractivity contribution in [2.45, 2.75) is 42.3 Å². The van der Waals surface area contributed by atoms with Crippen LogP contribution in [0.1, 0.15) is 31.7 Å². The standard InChI is InChI=1S/C16H19N3O2S2/c1-3-14(20)19(12-6-7-12)15-17-18-16(23-15)22-10-11-4-8-13(21-2)9-5-11/h4-5,8-9,12H,3,6-7,10H2,1-2H3. The van der Waals surface area contributed by atoms with Gasteiger partial charge in [0.1, 0.15) is 5.75 Å². The van der Waals surface area contributed by atoms with E-state index in [9.17, 15) is 4.79 Å². The highest BCUT2D eigenvalue weighted by Gasteiger charge is 2.35. The fourth-order valence-corrected chi connectivity index (χ4v) is 4.08. The van der Waals surface area contributed by atoms with Crippen molar-refractivity contribution in [3.63, 3.8) is 0 Å². The fraction of sp³-hybridized carbons (Fsp3) is 0.438. The number of amides is 1. The lowest BCUT2D eigenvalue weighted by molar-refractivity contribution is -0.118. The van der Waals surface area contributed by atoms with Crippen molar-refractivity contribution in [2.75, 3.05) is 12.0 Å². The van der Waals surface area contributed by atoms with Crippen LogP contribution in [0.2, 0.25) is 0 Å². The molecule has 1 aromatic carbocycles. The molecule has 0 radical (unpaired) electrons. The molecule has 5 nitrogen and oxygen atoms in total. The lowest BCUT2D eigenvalue weighted by Gasteiger charge is -2.17. The van der Waals surface area contributed by atoms with Gasteiger partial charge in [-0.3, -0.25) is 9.69 Å². The van der Waals surface area contributed by atoms with Crippen LogP contribution < -0.4 is 9.64 Å². The van der Waals surface area contributed by atoms with Gasteiger partial charge < -0.3 is 4.74 Å². The van der Waals surface area contributed by atoms with Crippen molar-refractivity contribution < 1.29 is 9.53 Å². The molecule has 1 amide bonds. The molecule has 0 unspecified atom stereocenters. The van der Waals surface area contributed by atoms with Gasteiger partial charge in [0.05, 0.1) is 7.11 Å². The minimum Gasteiger partial charge on any atom is -0.497 e. The van der Waals surface area contributed by atoms with Crippen LogP contribution in [0.5, 0.6) is 5.75 Å². The Morgan fingerprint density at radius 1 is 1.35 bits per heavy atom. The molecule has 23 heavy (non-hydrogen) atoms. The largest absolute Gasteiger partial charge is 0.497 e. The summed E-state index contributed by atoms with van der Waals surface area (Å²) in [5.41, 5.74) is 1.20. The average Bonchev–Trinajstić information content (AvgIpc) is 3.31. The number of carbonyl (C=O) groups is 1. The maximum absolute atomic E-state index is 12.1. The number of aromatic nitrogens is 2. The third-order valence-corrected chi connectivity index (χ3v) is 5.73. The molecule has 1 aliphatic rings. The summed E-state index contributed by atoms with van der Waals surface area (Å²) in [6.45, 7) is 1.89. The Bertz CT molecular complexity index is 668. The molecule has 1 fully saturated rings. The highest BCUT2D eigenvalue weighted by atomic mass is 32.2. The van der Waals surface area contributed by atoms with E-state index in [0.717, 1.165) is 33.8 Å². The molecule has 122 valence electrons. The summed E-state index contributed by atoms with van der Waals surface area (Å²) >= 11 is 3.14. The van der Waals surface area contributed by atoms with Gasteiger partial charge in [-0.25, -0.2) is 0 Å². The first-order valence-corrected chi connectivity index (χ1v) is 9.42. The van der Waals surface area contributed by atoms with Crippen LogP contribution >= 0.6 is 23.1 Å². The monoisotopic (exact) mass is 349 g/mol. The molecular formula is C16H19N3O2S2. The number of nitrogens with zero attached hydrogens (tertiary/aromatic N) is 3. The summed E-state index contributed by atoms with van der Waals surface area (Å²) in [7, 11) is 1.66. The Balaban J connectivity index is 1.63. The third-order valence-electron chi connectivity index (χ3n) is 3.61. The summed E-state index contributed by atoms with van der Waals surface area (Å²) in [5, 5.41) is 9.18. The van der Waals surface area contributed by atoms with Gasteiger partial charge in [0.2, 0.25) is 11.0 Å². The van der Waals surface area contributed by atoms with E-state index < -0.39 is 0 Å². The average molecular weight is 349 g/mol. The predicted octanol–water partition coefficient (Wildman–Crippen LogP) is 3.74. The molecule has 1 heterocycles. The van der Waals surface area contributed by atoms with E-state index >= 15 is 0 Å². The Labute approximate surface area is 144 Å². The third kappa shape index (κ3) is 4.03. The van der Waals surface area contributed by atoms with Crippen LogP contribution in [-0.2, 0) is 10.5 Å². The second-order valence-corrected chi connectivity index (χ2v) is 7.51. The molecule has 2 aromatic rings. The highest BCUT2D eigenvalue weighted by molar-refractivity contribution is 8.00. The van der Waals surface area contributed by atoms with Gasteiger partial charge in [-0.2, -0.15) is 0 Å². The zero-order chi connectivity index (χ0) is 16.2. The highest BCUT2D eigenvalue weighted by Crippen LogP contribution is 2.36. The molecule has 0 saturated heterocycles. The Morgan fingerprint density at radius 2 is 2.09 bits per heavy atom. The quantitative estimate of drug-likeness (QED) is 0.563. The molecule has 1 aliphatic carbocycles. The summed E-state index contributed by atoms with van der Waals surface area (Å²) in [6.07, 6.45) is 2.64. The van der Waals surface area contributed by atoms with Gasteiger partial charge >= 0.3 is 0 Å². The predicted molar refractivity (Wildman–Crippen MR) is 93.3 cm³/mol. The molecule has 0 aliphatic heterocycles. The maximum atomic E-state index is 12.1. The Morgan fingerprint density at radius 3 is 2.70 bits per heavy atom. The second-order valence-electron chi connectivity index (χ2n) is 5.34. The number of hydrogen-bond acceptors (Lipinski definition) is 6. The van der Waals surface area contributed by atoms with Crippen molar-refractivity contribution in [3.05, 3.63) is 29.8 Å². The number of carbonyl (C=O) groups excluding carboxylic acids is 1. The van der Waals surface area contributed by atoms with Crippen LogP contribution in [0.25, 0.3) is 0 Å². The molecule has 0 atom stereocenters. The molecule has 3 rings (SSSR count). The summed E-state index contributed by atoms with van der Waals surface area (Å²) in [4.78, 5) is 13.9. The van der Waals surface area contributed by atoms with Crippen LogP contribution in [0.4, 0.5) is 5.13 Å². The Hall–Kier alpha value is -1.60. The SMILES string of the molecule is CCC(=O)N(c1nnc(SCc2ccc(OC)cc2)s1)C1CC1. The van der Waals surface area contributed by atoms with Gasteiger partial charge in [-0.1, -0.05) is 42.2 Å². The molecule has 0 N–H and O–H groups in total. The van der Waals surface area contributed by atoms with Crippen molar-refractivity contribution >= 4 is 34.1 Å². The van der Waals surface area contributed by atoms with Gasteiger partial charge in [0, 0.05) is 18.2 Å². The normalized spacial score (nSPS) is 13.8. The van der Waals surface area contributed by atoms with E-state index in [1.165, 1.54) is 16.9 Å². The number of anilines is 1. The van der Waals surface area contributed by atoms with Crippen molar-refractivity contribution in [2.24, 2.45) is 0 Å². The van der Waals surface area contributed by atoms with E-state index in [1.807, 2.05) is 36.1 Å². The minimum absolute atomic E-state index is 0.135. The van der Waals surface area contributed by atoms with E-state index in [4.69, 9.17) is 4.74 Å². The lowest BCUT2D eigenvalue weighted by Crippen LogP contribution is -2.32. The van der Waals surface area contributed by atoms with Crippen LogP contribution in [0.3, 0.4) is 0 Å². The van der Waals surface area contributed by atoms with Crippen LogP contribution in [-0.4, -0.2) is 29.3 Å². The van der Waals surface area contributed by atoms with Crippen molar-refractivity contribution in [1.29, 1.82) is 0 Å². The maximum Gasteiger partial charge on any atom is 0.228 e. The summed E-state index contributed by atoms with van der Waals surface area (Å²) in [6, 6.07) is 8.33. The number of hydrogen-bond donors (Lipinski definition) is 0.